The summed E-state index contributed by atoms with van der Waals surface area (Å²) in [5.74, 6) is 2.05. The number of nitrogens with one attached hydrogen (secondary N) is 1. The van der Waals surface area contributed by atoms with E-state index in [0.717, 1.165) is 44.0 Å². The predicted octanol–water partition coefficient (Wildman–Crippen LogP) is 2.14. The monoisotopic (exact) mass is 335 g/mol. The quantitative estimate of drug-likeness (QED) is 0.865. The summed E-state index contributed by atoms with van der Waals surface area (Å²) in [5, 5.41) is 12.4. The number of urea groups is 1. The Hall–Kier alpha value is -1.53. The molecule has 1 aromatic rings. The molecule has 134 valence electrons. The number of furan rings is 1. The molecule has 2 aliphatic heterocycles. The van der Waals surface area contributed by atoms with Crippen LogP contribution >= 0.6 is 0 Å². The zero-order valence-electron chi connectivity index (χ0n) is 14.5. The standard InChI is InChI=1S/C18H29N3O3/c1-14-6-7-17(24-14)16(20-8-2-3-9-20)11-19-18(23)21-10-4-5-15(12-21)13-22/h6-7,15-16,22H,2-5,8-13H2,1H3,(H,19,23). The highest BCUT2D eigenvalue weighted by Crippen LogP contribution is 2.26. The van der Waals surface area contributed by atoms with E-state index in [0.29, 0.717) is 13.1 Å². The van der Waals surface area contributed by atoms with Gasteiger partial charge in [0, 0.05) is 26.2 Å². The predicted molar refractivity (Wildman–Crippen MR) is 91.8 cm³/mol. The number of carbonyl (C=O) groups excluding carboxylic acids is 1. The average molecular weight is 335 g/mol. The highest BCUT2D eigenvalue weighted by atomic mass is 16.3. The number of hydrogen-bond donors (Lipinski definition) is 2. The van der Waals surface area contributed by atoms with E-state index in [1.54, 1.807) is 0 Å². The fourth-order valence-corrected chi connectivity index (χ4v) is 3.79. The summed E-state index contributed by atoms with van der Waals surface area (Å²) in [6.45, 7) is 6.20. The molecule has 3 rings (SSSR count). The van der Waals surface area contributed by atoms with E-state index >= 15 is 0 Å². The van der Waals surface area contributed by atoms with Gasteiger partial charge in [0.15, 0.2) is 0 Å². The molecule has 2 saturated heterocycles. The molecule has 1 aromatic heterocycles. The number of likely N-dealkylation sites (tertiary alicyclic amines) is 2. The molecule has 24 heavy (non-hydrogen) atoms. The van der Waals surface area contributed by atoms with Crippen molar-refractivity contribution in [1.82, 2.24) is 15.1 Å². The van der Waals surface area contributed by atoms with E-state index in [4.69, 9.17) is 4.42 Å². The highest BCUT2D eigenvalue weighted by Gasteiger charge is 2.28. The van der Waals surface area contributed by atoms with Crippen LogP contribution in [-0.4, -0.2) is 60.3 Å². The molecule has 6 nitrogen and oxygen atoms in total. The zero-order chi connectivity index (χ0) is 16.9. The van der Waals surface area contributed by atoms with Crippen LogP contribution in [0.1, 0.15) is 43.2 Å². The Kier molecular flexibility index (Phi) is 5.79. The number of amides is 2. The Morgan fingerprint density at radius 2 is 2.12 bits per heavy atom. The molecule has 2 fully saturated rings. The Labute approximate surface area is 143 Å². The average Bonchev–Trinajstić information content (AvgIpc) is 3.27. The van der Waals surface area contributed by atoms with Gasteiger partial charge in [0.05, 0.1) is 6.04 Å². The maximum atomic E-state index is 12.5. The van der Waals surface area contributed by atoms with E-state index in [1.807, 2.05) is 24.0 Å². The summed E-state index contributed by atoms with van der Waals surface area (Å²) in [6, 6.07) is 4.08. The molecule has 0 radical (unpaired) electrons. The number of piperidine rings is 1. The van der Waals surface area contributed by atoms with Crippen LogP contribution in [0.5, 0.6) is 0 Å². The van der Waals surface area contributed by atoms with Crippen LogP contribution in [0.4, 0.5) is 4.79 Å². The van der Waals surface area contributed by atoms with Gasteiger partial charge in [-0.15, -0.1) is 0 Å². The lowest BCUT2D eigenvalue weighted by molar-refractivity contribution is 0.126. The molecule has 0 saturated carbocycles. The maximum Gasteiger partial charge on any atom is 0.317 e. The molecule has 2 atom stereocenters. The first-order valence-electron chi connectivity index (χ1n) is 9.11. The third-order valence-electron chi connectivity index (χ3n) is 5.18. The van der Waals surface area contributed by atoms with Crippen molar-refractivity contribution in [3.8, 4) is 0 Å². The minimum absolute atomic E-state index is 0.0272. The fraction of sp³-hybridized carbons (Fsp3) is 0.722. The van der Waals surface area contributed by atoms with Gasteiger partial charge in [-0.25, -0.2) is 4.79 Å². The lowest BCUT2D eigenvalue weighted by Gasteiger charge is -2.33. The Balaban J connectivity index is 1.59. The van der Waals surface area contributed by atoms with Crippen LogP contribution in [0.25, 0.3) is 0 Å². The van der Waals surface area contributed by atoms with Crippen molar-refractivity contribution in [3.05, 3.63) is 23.7 Å². The van der Waals surface area contributed by atoms with E-state index in [-0.39, 0.29) is 24.6 Å². The number of aliphatic hydroxyl groups excluding tert-OH is 1. The number of hydrogen-bond acceptors (Lipinski definition) is 4. The number of carbonyl (C=O) groups is 1. The van der Waals surface area contributed by atoms with Gasteiger partial charge in [-0.1, -0.05) is 0 Å². The fourth-order valence-electron chi connectivity index (χ4n) is 3.79. The Morgan fingerprint density at radius 3 is 2.79 bits per heavy atom. The Bertz CT molecular complexity index is 539. The van der Waals surface area contributed by atoms with Gasteiger partial charge >= 0.3 is 6.03 Å². The van der Waals surface area contributed by atoms with Gasteiger partial charge in [0.25, 0.3) is 0 Å². The summed E-state index contributed by atoms with van der Waals surface area (Å²) >= 11 is 0. The molecular formula is C18H29N3O3. The van der Waals surface area contributed by atoms with Crippen molar-refractivity contribution in [2.24, 2.45) is 5.92 Å². The van der Waals surface area contributed by atoms with Crippen LogP contribution in [0.3, 0.4) is 0 Å². The minimum atomic E-state index is -0.0272. The van der Waals surface area contributed by atoms with Crippen LogP contribution in [-0.2, 0) is 0 Å². The van der Waals surface area contributed by atoms with Gasteiger partial charge in [0.1, 0.15) is 11.5 Å². The van der Waals surface area contributed by atoms with Gasteiger partial charge in [0.2, 0.25) is 0 Å². The van der Waals surface area contributed by atoms with Gasteiger partial charge in [-0.3, -0.25) is 4.90 Å². The summed E-state index contributed by atoms with van der Waals surface area (Å²) in [5.41, 5.74) is 0. The van der Waals surface area contributed by atoms with E-state index in [2.05, 4.69) is 10.2 Å². The second kappa shape index (κ2) is 8.03. The summed E-state index contributed by atoms with van der Waals surface area (Å²) in [7, 11) is 0. The third-order valence-corrected chi connectivity index (χ3v) is 5.18. The zero-order valence-corrected chi connectivity index (χ0v) is 14.5. The van der Waals surface area contributed by atoms with Crippen LogP contribution < -0.4 is 5.32 Å². The molecule has 0 bridgehead atoms. The first-order chi connectivity index (χ1) is 11.7. The highest BCUT2D eigenvalue weighted by molar-refractivity contribution is 5.74. The number of aliphatic hydroxyl groups is 1. The molecule has 2 aliphatic rings. The second-order valence-electron chi connectivity index (χ2n) is 7.03. The lowest BCUT2D eigenvalue weighted by atomic mass is 9.99. The summed E-state index contributed by atoms with van der Waals surface area (Å²) < 4.78 is 5.83. The molecule has 6 heteroatoms. The Morgan fingerprint density at radius 1 is 1.33 bits per heavy atom. The summed E-state index contributed by atoms with van der Waals surface area (Å²) in [6.07, 6.45) is 4.37. The van der Waals surface area contributed by atoms with Gasteiger partial charge in [-0.2, -0.15) is 0 Å². The van der Waals surface area contributed by atoms with Crippen molar-refractivity contribution >= 4 is 6.03 Å². The molecular weight excluding hydrogens is 306 g/mol. The van der Waals surface area contributed by atoms with Gasteiger partial charge < -0.3 is 19.7 Å². The van der Waals surface area contributed by atoms with Crippen LogP contribution in [0.2, 0.25) is 0 Å². The first-order valence-corrected chi connectivity index (χ1v) is 9.11. The topological polar surface area (TPSA) is 69.0 Å². The van der Waals surface area contributed by atoms with Crippen molar-refractivity contribution < 1.29 is 14.3 Å². The molecule has 3 heterocycles. The van der Waals surface area contributed by atoms with Crippen molar-refractivity contribution in [2.45, 2.75) is 38.6 Å². The number of rotatable bonds is 5. The molecule has 0 aromatic carbocycles. The summed E-state index contributed by atoms with van der Waals surface area (Å²) in [4.78, 5) is 16.7. The SMILES string of the molecule is Cc1ccc(C(CNC(=O)N2CCCC(CO)C2)N2CCCC2)o1. The third kappa shape index (κ3) is 4.11. The second-order valence-corrected chi connectivity index (χ2v) is 7.03. The van der Waals surface area contributed by atoms with Crippen molar-refractivity contribution in [2.75, 3.05) is 39.3 Å². The van der Waals surface area contributed by atoms with Crippen molar-refractivity contribution in [3.63, 3.8) is 0 Å². The minimum Gasteiger partial charge on any atom is -0.465 e. The van der Waals surface area contributed by atoms with Crippen LogP contribution in [0, 0.1) is 12.8 Å². The van der Waals surface area contributed by atoms with E-state index in [1.165, 1.54) is 12.8 Å². The molecule has 2 unspecified atom stereocenters. The first kappa shape index (κ1) is 17.3. The van der Waals surface area contributed by atoms with Gasteiger partial charge in [-0.05, 0) is 63.7 Å². The smallest absolute Gasteiger partial charge is 0.317 e. The van der Waals surface area contributed by atoms with Crippen molar-refractivity contribution in [1.29, 1.82) is 0 Å². The molecule has 0 aliphatic carbocycles. The lowest BCUT2D eigenvalue weighted by Crippen LogP contribution is -2.48. The number of aryl methyl sites for hydroxylation is 1. The maximum absolute atomic E-state index is 12.5. The normalized spacial score (nSPS) is 23.4. The molecule has 0 spiro atoms. The largest absolute Gasteiger partial charge is 0.465 e. The molecule has 2 N–H and O–H groups in total. The van der Waals surface area contributed by atoms with E-state index in [9.17, 15) is 9.90 Å². The van der Waals surface area contributed by atoms with Crippen LogP contribution in [0.15, 0.2) is 16.5 Å². The number of nitrogens with zero attached hydrogens (tertiary/aromatic N) is 2. The molecule has 2 amide bonds. The van der Waals surface area contributed by atoms with E-state index < -0.39 is 0 Å².